The van der Waals surface area contributed by atoms with Crippen molar-refractivity contribution in [1.82, 2.24) is 15.4 Å². The number of fused-ring (bicyclic) bond motifs is 1. The largest absolute Gasteiger partial charge is 0.363 e. The van der Waals surface area contributed by atoms with Gasteiger partial charge in [0, 0.05) is 5.92 Å². The average Bonchev–Trinajstić information content (AvgIpc) is 2.83. The number of nitrogens with zero attached hydrogens (tertiary/aromatic N) is 2. The minimum atomic E-state index is -0.284. The smallest absolute Gasteiger partial charge is 0.294 e. The summed E-state index contributed by atoms with van der Waals surface area (Å²) < 4.78 is 4.75. The summed E-state index contributed by atoms with van der Waals surface area (Å²) in [7, 11) is 0. The summed E-state index contributed by atoms with van der Waals surface area (Å²) >= 11 is 0. The lowest BCUT2D eigenvalue weighted by Gasteiger charge is -1.94. The Bertz CT molecular complexity index is 509. The van der Waals surface area contributed by atoms with E-state index in [1.165, 1.54) is 6.26 Å². The molecule has 0 saturated heterocycles. The van der Waals surface area contributed by atoms with Crippen LogP contribution in [-0.2, 0) is 0 Å². The molecule has 1 aliphatic rings. The molecule has 5 heteroatoms. The molecule has 0 aromatic carbocycles. The zero-order valence-electron chi connectivity index (χ0n) is 6.78. The molecule has 1 fully saturated rings. The van der Waals surface area contributed by atoms with Crippen LogP contribution in [0.4, 0.5) is 0 Å². The molecule has 0 amide bonds. The van der Waals surface area contributed by atoms with Crippen molar-refractivity contribution in [2.24, 2.45) is 0 Å². The molecule has 13 heavy (non-hydrogen) atoms. The molecule has 0 aliphatic heterocycles. The molecule has 5 nitrogen and oxygen atoms in total. The standard InChI is InChI=1S/C8H7N3O2/c12-8-7-5(3-13-11-7)6(9-10-8)4-1-2-4/h3-4H,1-2H2,(H,10,12). The van der Waals surface area contributed by atoms with Crippen LogP contribution in [0.5, 0.6) is 0 Å². The molecule has 1 aliphatic carbocycles. The fourth-order valence-electron chi connectivity index (χ4n) is 1.47. The fraction of sp³-hybridized carbons (Fsp3) is 0.375. The van der Waals surface area contributed by atoms with Crippen LogP contribution >= 0.6 is 0 Å². The Labute approximate surface area is 72.7 Å². The number of aromatic nitrogens is 3. The summed E-state index contributed by atoms with van der Waals surface area (Å²) in [6, 6.07) is 0. The highest BCUT2D eigenvalue weighted by Gasteiger charge is 2.28. The van der Waals surface area contributed by atoms with Gasteiger partial charge in [0.15, 0.2) is 5.52 Å². The summed E-state index contributed by atoms with van der Waals surface area (Å²) in [5.74, 6) is 0.485. The quantitative estimate of drug-likeness (QED) is 0.698. The number of hydrogen-bond donors (Lipinski definition) is 1. The molecular weight excluding hydrogens is 170 g/mol. The Balaban J connectivity index is 2.40. The lowest BCUT2D eigenvalue weighted by molar-refractivity contribution is 0.427. The second-order valence-corrected chi connectivity index (χ2v) is 3.29. The van der Waals surface area contributed by atoms with Crippen LogP contribution in [0.25, 0.3) is 10.9 Å². The van der Waals surface area contributed by atoms with E-state index in [2.05, 4.69) is 15.4 Å². The van der Waals surface area contributed by atoms with Crippen LogP contribution in [0.15, 0.2) is 15.6 Å². The van der Waals surface area contributed by atoms with Crippen LogP contribution < -0.4 is 5.56 Å². The van der Waals surface area contributed by atoms with Crippen LogP contribution in [0.2, 0.25) is 0 Å². The zero-order chi connectivity index (χ0) is 8.84. The van der Waals surface area contributed by atoms with Crippen LogP contribution in [0.3, 0.4) is 0 Å². The molecule has 0 unspecified atom stereocenters. The summed E-state index contributed by atoms with van der Waals surface area (Å²) in [6.07, 6.45) is 3.77. The van der Waals surface area contributed by atoms with Gasteiger partial charge < -0.3 is 4.52 Å². The first-order valence-electron chi connectivity index (χ1n) is 4.19. The third-order valence-corrected chi connectivity index (χ3v) is 2.30. The highest BCUT2D eigenvalue weighted by atomic mass is 16.5. The first kappa shape index (κ1) is 6.82. The van der Waals surface area contributed by atoms with Crippen molar-refractivity contribution in [3.63, 3.8) is 0 Å². The van der Waals surface area contributed by atoms with Crippen molar-refractivity contribution in [3.05, 3.63) is 22.3 Å². The lowest BCUT2D eigenvalue weighted by atomic mass is 10.2. The molecule has 66 valence electrons. The van der Waals surface area contributed by atoms with Gasteiger partial charge in [-0.25, -0.2) is 5.10 Å². The molecule has 0 radical (unpaired) electrons. The van der Waals surface area contributed by atoms with E-state index in [4.69, 9.17) is 4.52 Å². The molecule has 1 N–H and O–H groups in total. The van der Waals surface area contributed by atoms with Crippen molar-refractivity contribution in [2.75, 3.05) is 0 Å². The minimum Gasteiger partial charge on any atom is -0.363 e. The van der Waals surface area contributed by atoms with Crippen molar-refractivity contribution < 1.29 is 4.52 Å². The number of H-pyrrole nitrogens is 1. The first-order valence-corrected chi connectivity index (χ1v) is 4.19. The SMILES string of the molecule is O=c1[nH]nc(C2CC2)c2conc12. The van der Waals surface area contributed by atoms with Crippen molar-refractivity contribution in [3.8, 4) is 0 Å². The van der Waals surface area contributed by atoms with Gasteiger partial charge in [-0.2, -0.15) is 5.10 Å². The third-order valence-electron chi connectivity index (χ3n) is 2.30. The van der Waals surface area contributed by atoms with E-state index in [0.29, 0.717) is 11.4 Å². The Morgan fingerprint density at radius 1 is 1.54 bits per heavy atom. The zero-order valence-corrected chi connectivity index (χ0v) is 6.78. The highest BCUT2D eigenvalue weighted by Crippen LogP contribution is 2.40. The van der Waals surface area contributed by atoms with Gasteiger partial charge in [0.2, 0.25) is 0 Å². The number of rotatable bonds is 1. The van der Waals surface area contributed by atoms with Gasteiger partial charge in [-0.3, -0.25) is 4.79 Å². The molecule has 2 aromatic heterocycles. The van der Waals surface area contributed by atoms with Crippen molar-refractivity contribution >= 4 is 10.9 Å². The van der Waals surface area contributed by atoms with Gasteiger partial charge in [0.25, 0.3) is 5.56 Å². The monoisotopic (exact) mass is 177 g/mol. The maximum absolute atomic E-state index is 11.2. The van der Waals surface area contributed by atoms with Crippen LogP contribution in [0, 0.1) is 0 Å². The van der Waals surface area contributed by atoms with E-state index < -0.39 is 0 Å². The topological polar surface area (TPSA) is 71.8 Å². The van der Waals surface area contributed by atoms with Gasteiger partial charge in [-0.05, 0) is 12.8 Å². The van der Waals surface area contributed by atoms with Crippen LogP contribution in [0.1, 0.15) is 24.5 Å². The molecule has 2 aromatic rings. The Morgan fingerprint density at radius 2 is 2.38 bits per heavy atom. The fourth-order valence-corrected chi connectivity index (χ4v) is 1.47. The molecule has 2 heterocycles. The van der Waals surface area contributed by atoms with Crippen LogP contribution in [-0.4, -0.2) is 15.4 Å². The van der Waals surface area contributed by atoms with E-state index in [0.717, 1.165) is 23.9 Å². The van der Waals surface area contributed by atoms with Gasteiger partial charge in [-0.1, -0.05) is 5.16 Å². The number of hydrogen-bond acceptors (Lipinski definition) is 4. The molecule has 0 spiro atoms. The Hall–Kier alpha value is -1.65. The van der Waals surface area contributed by atoms with Gasteiger partial charge in [0.1, 0.15) is 6.26 Å². The molecular formula is C8H7N3O2. The van der Waals surface area contributed by atoms with Crippen molar-refractivity contribution in [1.29, 1.82) is 0 Å². The normalized spacial score (nSPS) is 16.6. The van der Waals surface area contributed by atoms with E-state index in [-0.39, 0.29) is 5.56 Å². The third kappa shape index (κ3) is 0.898. The van der Waals surface area contributed by atoms with E-state index >= 15 is 0 Å². The minimum absolute atomic E-state index is 0.284. The Morgan fingerprint density at radius 3 is 3.15 bits per heavy atom. The lowest BCUT2D eigenvalue weighted by Crippen LogP contribution is -2.10. The molecule has 3 rings (SSSR count). The Kier molecular flexibility index (Phi) is 1.15. The summed E-state index contributed by atoms with van der Waals surface area (Å²) in [5.41, 5.74) is 0.987. The summed E-state index contributed by atoms with van der Waals surface area (Å²) in [4.78, 5) is 11.2. The number of aromatic amines is 1. The van der Waals surface area contributed by atoms with Gasteiger partial charge in [-0.15, -0.1) is 0 Å². The predicted octanol–water partition coefficient (Wildman–Crippen LogP) is 0.788. The maximum Gasteiger partial charge on any atom is 0.294 e. The summed E-state index contributed by atoms with van der Waals surface area (Å²) in [6.45, 7) is 0. The van der Waals surface area contributed by atoms with Crippen molar-refractivity contribution in [2.45, 2.75) is 18.8 Å². The molecule has 0 atom stereocenters. The van der Waals surface area contributed by atoms with Gasteiger partial charge in [0.05, 0.1) is 11.1 Å². The second kappa shape index (κ2) is 2.18. The highest BCUT2D eigenvalue weighted by molar-refractivity contribution is 5.79. The molecule has 1 saturated carbocycles. The van der Waals surface area contributed by atoms with E-state index in [1.807, 2.05) is 0 Å². The second-order valence-electron chi connectivity index (χ2n) is 3.29. The summed E-state index contributed by atoms with van der Waals surface area (Å²) in [5, 5.41) is 10.8. The average molecular weight is 177 g/mol. The van der Waals surface area contributed by atoms with E-state index in [1.54, 1.807) is 0 Å². The van der Waals surface area contributed by atoms with E-state index in [9.17, 15) is 4.79 Å². The first-order chi connectivity index (χ1) is 6.36. The predicted molar refractivity (Wildman–Crippen MR) is 44.4 cm³/mol. The van der Waals surface area contributed by atoms with Gasteiger partial charge >= 0.3 is 0 Å². The number of nitrogens with one attached hydrogen (secondary N) is 1. The molecule has 0 bridgehead atoms. The maximum atomic E-state index is 11.2.